The van der Waals surface area contributed by atoms with E-state index >= 15 is 0 Å². The zero-order chi connectivity index (χ0) is 17.2. The van der Waals surface area contributed by atoms with Gasteiger partial charge < -0.3 is 9.47 Å². The van der Waals surface area contributed by atoms with E-state index in [1.807, 2.05) is 24.3 Å². The molecule has 2 aliphatic rings. The Bertz CT molecular complexity index is 572. The smallest absolute Gasteiger partial charge is 0.379 e. The van der Waals surface area contributed by atoms with Gasteiger partial charge >= 0.3 is 6.11 Å². The van der Waals surface area contributed by atoms with Crippen LogP contribution < -0.4 is 4.74 Å². The van der Waals surface area contributed by atoms with Gasteiger partial charge in [-0.25, -0.2) is 0 Å². The van der Waals surface area contributed by atoms with Crippen molar-refractivity contribution >= 4 is 0 Å². The van der Waals surface area contributed by atoms with Crippen molar-refractivity contribution in [3.8, 4) is 5.75 Å². The summed E-state index contributed by atoms with van der Waals surface area (Å²) in [6.07, 6.45) is 3.30. The lowest BCUT2D eigenvalue weighted by atomic mass is 9.83. The van der Waals surface area contributed by atoms with Gasteiger partial charge in [0.1, 0.15) is 5.75 Å². The molecule has 4 heteroatoms. The lowest BCUT2D eigenvalue weighted by Crippen LogP contribution is -2.28. The van der Waals surface area contributed by atoms with Crippen LogP contribution in [0.5, 0.6) is 5.75 Å². The van der Waals surface area contributed by atoms with Gasteiger partial charge in [0.15, 0.2) is 0 Å². The van der Waals surface area contributed by atoms with Crippen molar-refractivity contribution in [3.05, 3.63) is 41.5 Å². The molecule has 1 fully saturated rings. The monoisotopic (exact) mass is 336 g/mol. The molecule has 0 saturated heterocycles. The van der Waals surface area contributed by atoms with Gasteiger partial charge in [-0.2, -0.15) is 8.78 Å². The Hall–Kier alpha value is -1.42. The fraction of sp³-hybridized carbons (Fsp3) is 0.600. The molecule has 0 amide bonds. The van der Waals surface area contributed by atoms with Crippen LogP contribution in [0.3, 0.4) is 0 Å². The minimum Gasteiger partial charge on any atom is -0.493 e. The van der Waals surface area contributed by atoms with E-state index in [1.54, 1.807) is 6.08 Å². The summed E-state index contributed by atoms with van der Waals surface area (Å²) in [5.41, 5.74) is 0.748. The van der Waals surface area contributed by atoms with Gasteiger partial charge in [-0.3, -0.25) is 0 Å². The minimum atomic E-state index is -3.17. The Kier molecular flexibility index (Phi) is 5.24. The summed E-state index contributed by atoms with van der Waals surface area (Å²) in [6.45, 7) is 4.45. The molecule has 24 heavy (non-hydrogen) atoms. The van der Waals surface area contributed by atoms with E-state index < -0.39 is 12.2 Å². The summed E-state index contributed by atoms with van der Waals surface area (Å²) >= 11 is 0. The maximum atomic E-state index is 13.7. The van der Waals surface area contributed by atoms with E-state index in [2.05, 4.69) is 6.92 Å². The Morgan fingerprint density at radius 3 is 2.42 bits per heavy atom. The SMILES string of the molecule is CC1=CCC(c2ccc(OCC3CCC(C)CC3)cc2)OC1(F)F. The quantitative estimate of drug-likeness (QED) is 0.638. The number of hydrogen-bond donors (Lipinski definition) is 0. The lowest BCUT2D eigenvalue weighted by molar-refractivity contribution is -0.243. The maximum Gasteiger partial charge on any atom is 0.379 e. The summed E-state index contributed by atoms with van der Waals surface area (Å²) in [7, 11) is 0. The number of hydrogen-bond acceptors (Lipinski definition) is 2. The molecule has 3 rings (SSSR count). The average molecular weight is 336 g/mol. The third-order valence-corrected chi connectivity index (χ3v) is 5.26. The first-order valence-corrected chi connectivity index (χ1v) is 8.89. The second kappa shape index (κ2) is 7.22. The molecule has 1 aliphatic carbocycles. The number of halogens is 2. The Labute approximate surface area is 142 Å². The molecule has 0 aromatic heterocycles. The Morgan fingerprint density at radius 1 is 1.12 bits per heavy atom. The van der Waals surface area contributed by atoms with Crippen LogP contribution in [-0.2, 0) is 4.74 Å². The van der Waals surface area contributed by atoms with Crippen LogP contribution in [0.15, 0.2) is 35.9 Å². The highest BCUT2D eigenvalue weighted by Gasteiger charge is 2.39. The third-order valence-electron chi connectivity index (χ3n) is 5.26. The maximum absolute atomic E-state index is 13.7. The molecule has 1 saturated carbocycles. The van der Waals surface area contributed by atoms with Crippen molar-refractivity contribution in [1.82, 2.24) is 0 Å². The zero-order valence-corrected chi connectivity index (χ0v) is 14.4. The topological polar surface area (TPSA) is 18.5 Å². The van der Waals surface area contributed by atoms with E-state index in [0.29, 0.717) is 12.3 Å². The van der Waals surface area contributed by atoms with Gasteiger partial charge in [0.05, 0.1) is 12.7 Å². The summed E-state index contributed by atoms with van der Waals surface area (Å²) in [6, 6.07) is 7.36. The second-order valence-corrected chi connectivity index (χ2v) is 7.25. The van der Waals surface area contributed by atoms with Crippen LogP contribution >= 0.6 is 0 Å². The molecule has 0 radical (unpaired) electrons. The summed E-state index contributed by atoms with van der Waals surface area (Å²) in [4.78, 5) is 0. The third kappa shape index (κ3) is 4.15. The molecule has 1 atom stereocenters. The molecule has 1 aromatic rings. The predicted octanol–water partition coefficient (Wildman–Crippen LogP) is 5.89. The van der Waals surface area contributed by atoms with Gasteiger partial charge in [0.25, 0.3) is 0 Å². The second-order valence-electron chi connectivity index (χ2n) is 7.25. The molecule has 1 aliphatic heterocycles. The van der Waals surface area contributed by atoms with Crippen molar-refractivity contribution in [2.75, 3.05) is 6.61 Å². The largest absolute Gasteiger partial charge is 0.493 e. The highest BCUT2D eigenvalue weighted by molar-refractivity contribution is 5.30. The normalized spacial score (nSPS) is 29.8. The van der Waals surface area contributed by atoms with Gasteiger partial charge in [-0.05, 0) is 55.7 Å². The molecule has 0 bridgehead atoms. The predicted molar refractivity (Wildman–Crippen MR) is 90.2 cm³/mol. The summed E-state index contributed by atoms with van der Waals surface area (Å²) < 4.78 is 38.1. The fourth-order valence-corrected chi connectivity index (χ4v) is 3.42. The standard InChI is InChI=1S/C20H26F2O2/c1-14-3-6-16(7-4-14)13-23-18-10-8-17(9-11-18)19-12-5-15(2)20(21,22)24-19/h5,8-11,14,16,19H,3-4,6-7,12-13H2,1-2H3. The molecule has 132 valence electrons. The summed E-state index contributed by atoms with van der Waals surface area (Å²) in [5.74, 6) is 2.27. The van der Waals surface area contributed by atoms with Gasteiger partial charge in [0.2, 0.25) is 0 Å². The van der Waals surface area contributed by atoms with Crippen LogP contribution in [0, 0.1) is 11.8 Å². The molecule has 1 aromatic carbocycles. The first-order valence-electron chi connectivity index (χ1n) is 8.89. The number of rotatable bonds is 4. The van der Waals surface area contributed by atoms with Crippen LogP contribution in [0.2, 0.25) is 0 Å². The molecule has 0 spiro atoms. The molecule has 1 heterocycles. The fourth-order valence-electron chi connectivity index (χ4n) is 3.42. The van der Waals surface area contributed by atoms with Crippen LogP contribution in [-0.4, -0.2) is 12.7 Å². The molecular weight excluding hydrogens is 310 g/mol. The number of alkyl halides is 2. The first-order chi connectivity index (χ1) is 11.4. The number of benzene rings is 1. The minimum absolute atomic E-state index is 0.0134. The van der Waals surface area contributed by atoms with Crippen LogP contribution in [0.1, 0.15) is 57.6 Å². The zero-order valence-electron chi connectivity index (χ0n) is 14.4. The van der Waals surface area contributed by atoms with Gasteiger partial charge in [0, 0.05) is 5.57 Å². The van der Waals surface area contributed by atoms with Crippen molar-refractivity contribution in [2.24, 2.45) is 11.8 Å². The average Bonchev–Trinajstić information content (AvgIpc) is 2.57. The molecular formula is C20H26F2O2. The summed E-state index contributed by atoms with van der Waals surface area (Å²) in [5, 5.41) is 0. The van der Waals surface area contributed by atoms with Crippen molar-refractivity contribution in [3.63, 3.8) is 0 Å². The van der Waals surface area contributed by atoms with Gasteiger partial charge in [-0.1, -0.05) is 38.0 Å². The Balaban J connectivity index is 1.54. The van der Waals surface area contributed by atoms with Crippen molar-refractivity contribution in [2.45, 2.75) is 58.2 Å². The van der Waals surface area contributed by atoms with Gasteiger partial charge in [-0.15, -0.1) is 0 Å². The molecule has 0 N–H and O–H groups in total. The van der Waals surface area contributed by atoms with Crippen molar-refractivity contribution in [1.29, 1.82) is 0 Å². The van der Waals surface area contributed by atoms with E-state index in [-0.39, 0.29) is 5.57 Å². The number of ether oxygens (including phenoxy) is 2. The lowest BCUT2D eigenvalue weighted by Gasteiger charge is -2.29. The van der Waals surface area contributed by atoms with E-state index in [0.717, 1.165) is 23.8 Å². The van der Waals surface area contributed by atoms with E-state index in [4.69, 9.17) is 9.47 Å². The first kappa shape index (κ1) is 17.4. The molecule has 2 nitrogen and oxygen atoms in total. The Morgan fingerprint density at radius 2 is 1.79 bits per heavy atom. The van der Waals surface area contributed by atoms with E-state index in [1.165, 1.54) is 32.6 Å². The highest BCUT2D eigenvalue weighted by atomic mass is 19.3. The van der Waals surface area contributed by atoms with E-state index in [9.17, 15) is 8.78 Å². The highest BCUT2D eigenvalue weighted by Crippen LogP contribution is 2.39. The molecule has 1 unspecified atom stereocenters. The van der Waals surface area contributed by atoms with Crippen LogP contribution in [0.25, 0.3) is 0 Å². The van der Waals surface area contributed by atoms with Crippen LogP contribution in [0.4, 0.5) is 8.78 Å². The van der Waals surface area contributed by atoms with Crippen molar-refractivity contribution < 1.29 is 18.3 Å².